The predicted octanol–water partition coefficient (Wildman–Crippen LogP) is 0.914. The highest BCUT2D eigenvalue weighted by Crippen LogP contribution is 2.41. The summed E-state index contributed by atoms with van der Waals surface area (Å²) in [4.78, 5) is 25.9. The van der Waals surface area contributed by atoms with Crippen molar-refractivity contribution in [2.24, 2.45) is 11.8 Å². The second kappa shape index (κ2) is 4.31. The van der Waals surface area contributed by atoms with E-state index < -0.39 is 0 Å². The van der Waals surface area contributed by atoms with Gasteiger partial charge in [-0.2, -0.15) is 0 Å². The number of nitrogens with one attached hydrogen (secondary N) is 1. The predicted molar refractivity (Wildman–Crippen MR) is 63.2 cm³/mol. The van der Waals surface area contributed by atoms with Gasteiger partial charge in [-0.15, -0.1) is 0 Å². The highest BCUT2D eigenvalue weighted by Gasteiger charge is 2.50. The molecule has 4 nitrogen and oxygen atoms in total. The Hall–Kier alpha value is -1.06. The lowest BCUT2D eigenvalue weighted by Crippen LogP contribution is -2.38. The lowest BCUT2D eigenvalue weighted by atomic mass is 10.1. The Balaban J connectivity index is 1.49. The second-order valence-electron chi connectivity index (χ2n) is 5.62. The number of carbonyl (C=O) groups is 2. The van der Waals surface area contributed by atoms with Gasteiger partial charge in [-0.05, 0) is 38.5 Å². The average molecular weight is 236 g/mol. The molecule has 0 bridgehead atoms. The van der Waals surface area contributed by atoms with Crippen LogP contribution in [0.1, 0.15) is 38.5 Å². The molecule has 1 saturated heterocycles. The SMILES string of the molecule is O=C(NC1CC1)C1CC1C(=O)N1CCCCC1. The van der Waals surface area contributed by atoms with E-state index >= 15 is 0 Å². The van der Waals surface area contributed by atoms with Crippen LogP contribution in [-0.2, 0) is 9.59 Å². The molecule has 3 fully saturated rings. The van der Waals surface area contributed by atoms with Crippen molar-refractivity contribution in [3.63, 3.8) is 0 Å². The highest BCUT2D eigenvalue weighted by molar-refractivity contribution is 5.92. The van der Waals surface area contributed by atoms with Crippen LogP contribution in [0, 0.1) is 11.8 Å². The molecule has 17 heavy (non-hydrogen) atoms. The smallest absolute Gasteiger partial charge is 0.226 e. The maximum absolute atomic E-state index is 12.1. The van der Waals surface area contributed by atoms with Crippen LogP contribution in [0.5, 0.6) is 0 Å². The van der Waals surface area contributed by atoms with Gasteiger partial charge in [-0.3, -0.25) is 9.59 Å². The zero-order valence-electron chi connectivity index (χ0n) is 10.2. The average Bonchev–Trinajstić information content (AvgIpc) is 3.22. The lowest BCUT2D eigenvalue weighted by molar-refractivity contribution is -0.135. The van der Waals surface area contributed by atoms with Gasteiger partial charge < -0.3 is 10.2 Å². The van der Waals surface area contributed by atoms with Gasteiger partial charge >= 0.3 is 0 Å². The number of piperidine rings is 1. The first-order valence-corrected chi connectivity index (χ1v) is 6.85. The molecule has 2 unspecified atom stereocenters. The third kappa shape index (κ3) is 2.45. The van der Waals surface area contributed by atoms with E-state index in [1.165, 1.54) is 6.42 Å². The Kier molecular flexibility index (Phi) is 2.81. The van der Waals surface area contributed by atoms with Crippen LogP contribution >= 0.6 is 0 Å². The second-order valence-corrected chi connectivity index (χ2v) is 5.62. The van der Waals surface area contributed by atoms with E-state index in [-0.39, 0.29) is 23.7 Å². The molecule has 2 saturated carbocycles. The van der Waals surface area contributed by atoms with E-state index in [9.17, 15) is 9.59 Å². The number of hydrogen-bond donors (Lipinski definition) is 1. The van der Waals surface area contributed by atoms with Gasteiger partial charge in [-0.1, -0.05) is 0 Å². The van der Waals surface area contributed by atoms with Gasteiger partial charge in [0.15, 0.2) is 0 Å². The highest BCUT2D eigenvalue weighted by atomic mass is 16.2. The molecule has 1 N–H and O–H groups in total. The number of likely N-dealkylation sites (tertiary alicyclic amines) is 1. The Bertz CT molecular complexity index is 332. The van der Waals surface area contributed by atoms with Crippen molar-refractivity contribution in [1.29, 1.82) is 0 Å². The van der Waals surface area contributed by atoms with E-state index in [4.69, 9.17) is 0 Å². The summed E-state index contributed by atoms with van der Waals surface area (Å²) in [7, 11) is 0. The number of amides is 2. The van der Waals surface area contributed by atoms with Gasteiger partial charge in [-0.25, -0.2) is 0 Å². The standard InChI is InChI=1S/C13H20N2O2/c16-12(14-9-4-5-9)10-8-11(10)13(17)15-6-2-1-3-7-15/h9-11H,1-8H2,(H,14,16). The normalized spacial score (nSPS) is 32.1. The number of hydrogen-bond acceptors (Lipinski definition) is 2. The zero-order valence-corrected chi connectivity index (χ0v) is 10.2. The molecule has 94 valence electrons. The maximum Gasteiger partial charge on any atom is 0.226 e. The largest absolute Gasteiger partial charge is 0.353 e. The minimum atomic E-state index is -0.0231. The van der Waals surface area contributed by atoms with Crippen LogP contribution in [0.3, 0.4) is 0 Å². The van der Waals surface area contributed by atoms with Crippen molar-refractivity contribution in [2.75, 3.05) is 13.1 Å². The van der Waals surface area contributed by atoms with Gasteiger partial charge in [0.2, 0.25) is 11.8 Å². The van der Waals surface area contributed by atoms with Crippen molar-refractivity contribution >= 4 is 11.8 Å². The van der Waals surface area contributed by atoms with E-state index in [1.807, 2.05) is 4.90 Å². The van der Waals surface area contributed by atoms with Crippen molar-refractivity contribution < 1.29 is 9.59 Å². The minimum Gasteiger partial charge on any atom is -0.353 e. The summed E-state index contributed by atoms with van der Waals surface area (Å²) < 4.78 is 0. The van der Waals surface area contributed by atoms with Gasteiger partial charge in [0.1, 0.15) is 0 Å². The molecule has 1 heterocycles. The zero-order chi connectivity index (χ0) is 11.8. The molecule has 3 rings (SSSR count). The summed E-state index contributed by atoms with van der Waals surface area (Å²) >= 11 is 0. The van der Waals surface area contributed by atoms with Crippen LogP contribution in [-0.4, -0.2) is 35.8 Å². The molecule has 0 radical (unpaired) electrons. The first-order valence-electron chi connectivity index (χ1n) is 6.85. The van der Waals surface area contributed by atoms with Crippen LogP contribution in [0.25, 0.3) is 0 Å². The molecular weight excluding hydrogens is 216 g/mol. The molecule has 4 heteroatoms. The Morgan fingerprint density at radius 3 is 2.35 bits per heavy atom. The Labute approximate surface area is 102 Å². The van der Waals surface area contributed by atoms with Crippen LogP contribution < -0.4 is 5.32 Å². The van der Waals surface area contributed by atoms with Crippen molar-refractivity contribution in [1.82, 2.24) is 10.2 Å². The lowest BCUT2D eigenvalue weighted by Gasteiger charge is -2.26. The Morgan fingerprint density at radius 1 is 1.00 bits per heavy atom. The molecule has 0 aromatic rings. The fourth-order valence-corrected chi connectivity index (χ4v) is 2.64. The molecular formula is C13H20N2O2. The third-order valence-corrected chi connectivity index (χ3v) is 4.04. The Morgan fingerprint density at radius 2 is 1.71 bits per heavy atom. The summed E-state index contributed by atoms with van der Waals surface area (Å²) in [6.45, 7) is 1.79. The van der Waals surface area contributed by atoms with E-state index in [0.717, 1.165) is 45.2 Å². The number of rotatable bonds is 3. The molecule has 0 spiro atoms. The fourth-order valence-electron chi connectivity index (χ4n) is 2.64. The minimum absolute atomic E-state index is 0.00755. The van der Waals surface area contributed by atoms with E-state index in [2.05, 4.69) is 5.32 Å². The molecule has 2 amide bonds. The van der Waals surface area contributed by atoms with Crippen LogP contribution in [0.4, 0.5) is 0 Å². The summed E-state index contributed by atoms with van der Waals surface area (Å²) in [6, 6.07) is 0.411. The van der Waals surface area contributed by atoms with Crippen LogP contribution in [0.15, 0.2) is 0 Å². The summed E-state index contributed by atoms with van der Waals surface area (Å²) in [5.41, 5.74) is 0. The van der Waals surface area contributed by atoms with Gasteiger partial charge in [0, 0.05) is 19.1 Å². The van der Waals surface area contributed by atoms with Gasteiger partial charge in [0.05, 0.1) is 11.8 Å². The van der Waals surface area contributed by atoms with Crippen molar-refractivity contribution in [3.05, 3.63) is 0 Å². The molecule has 1 aliphatic heterocycles. The first kappa shape index (κ1) is 11.1. The van der Waals surface area contributed by atoms with Crippen molar-refractivity contribution in [2.45, 2.75) is 44.6 Å². The summed E-state index contributed by atoms with van der Waals surface area (Å²) in [5.74, 6) is 0.306. The summed E-state index contributed by atoms with van der Waals surface area (Å²) in [5, 5.41) is 2.99. The monoisotopic (exact) mass is 236 g/mol. The van der Waals surface area contributed by atoms with Crippen LogP contribution in [0.2, 0.25) is 0 Å². The van der Waals surface area contributed by atoms with Crippen molar-refractivity contribution in [3.8, 4) is 0 Å². The molecule has 3 aliphatic rings. The number of nitrogens with zero attached hydrogens (tertiary/aromatic N) is 1. The van der Waals surface area contributed by atoms with E-state index in [1.54, 1.807) is 0 Å². The maximum atomic E-state index is 12.1. The summed E-state index contributed by atoms with van der Waals surface area (Å²) in [6.07, 6.45) is 6.48. The van der Waals surface area contributed by atoms with E-state index in [0.29, 0.717) is 6.04 Å². The molecule has 2 atom stereocenters. The molecule has 2 aliphatic carbocycles. The van der Waals surface area contributed by atoms with Gasteiger partial charge in [0.25, 0.3) is 0 Å². The number of carbonyl (C=O) groups excluding carboxylic acids is 2. The first-order chi connectivity index (χ1) is 8.25. The molecule has 0 aromatic carbocycles. The molecule has 0 aromatic heterocycles. The quantitative estimate of drug-likeness (QED) is 0.792. The topological polar surface area (TPSA) is 49.4 Å². The fraction of sp³-hybridized carbons (Fsp3) is 0.846. The third-order valence-electron chi connectivity index (χ3n) is 4.04.